The van der Waals surface area contributed by atoms with Gasteiger partial charge in [0.25, 0.3) is 0 Å². The smallest absolute Gasteiger partial charge is 0.343 e. The molecule has 0 spiro atoms. The first-order chi connectivity index (χ1) is 9.10. The van der Waals surface area contributed by atoms with E-state index in [1.807, 2.05) is 0 Å². The van der Waals surface area contributed by atoms with Crippen LogP contribution in [0.2, 0.25) is 0 Å². The van der Waals surface area contributed by atoms with Gasteiger partial charge in [-0.2, -0.15) is 5.26 Å². The minimum absolute atomic E-state index is 0.0596. The van der Waals surface area contributed by atoms with E-state index in [1.165, 1.54) is 12.1 Å². The molecule has 2 aromatic rings. The Morgan fingerprint density at radius 3 is 2.47 bits per heavy atom. The Labute approximate surface area is 117 Å². The molecule has 94 valence electrons. The number of halogens is 2. The van der Waals surface area contributed by atoms with Crippen LogP contribution in [0.1, 0.15) is 15.9 Å². The summed E-state index contributed by atoms with van der Waals surface area (Å²) >= 11 is 3.25. The monoisotopic (exact) mass is 319 g/mol. The second kappa shape index (κ2) is 5.63. The van der Waals surface area contributed by atoms with Crippen molar-refractivity contribution in [2.24, 2.45) is 0 Å². The lowest BCUT2D eigenvalue weighted by atomic mass is 10.2. The number of ether oxygens (including phenoxy) is 1. The first-order valence-electron chi connectivity index (χ1n) is 5.27. The maximum Gasteiger partial charge on any atom is 0.343 e. The highest BCUT2D eigenvalue weighted by Gasteiger charge is 2.10. The molecule has 0 atom stereocenters. The standard InChI is InChI=1S/C14H7BrFNO2/c15-11-4-1-9(2-5-11)14(18)19-12-6-3-10(8-17)13(16)7-12/h1-7H. The van der Waals surface area contributed by atoms with Crippen molar-refractivity contribution in [3.8, 4) is 11.8 Å². The molecule has 3 nitrogen and oxygen atoms in total. The molecule has 0 saturated heterocycles. The van der Waals surface area contributed by atoms with Gasteiger partial charge >= 0.3 is 5.97 Å². The van der Waals surface area contributed by atoms with Crippen molar-refractivity contribution in [2.45, 2.75) is 0 Å². The fourth-order valence-corrected chi connectivity index (χ4v) is 1.67. The second-order valence-electron chi connectivity index (χ2n) is 3.65. The lowest BCUT2D eigenvalue weighted by molar-refractivity contribution is 0.0734. The molecule has 0 aromatic heterocycles. The highest BCUT2D eigenvalue weighted by molar-refractivity contribution is 9.10. The fraction of sp³-hybridized carbons (Fsp3) is 0. The Morgan fingerprint density at radius 2 is 1.89 bits per heavy atom. The molecule has 0 fully saturated rings. The van der Waals surface area contributed by atoms with Crippen molar-refractivity contribution >= 4 is 21.9 Å². The molecule has 0 N–H and O–H groups in total. The van der Waals surface area contributed by atoms with Gasteiger partial charge in [-0.25, -0.2) is 9.18 Å². The predicted octanol–water partition coefficient (Wildman–Crippen LogP) is 3.68. The largest absolute Gasteiger partial charge is 0.423 e. The summed E-state index contributed by atoms with van der Waals surface area (Å²) in [4.78, 5) is 11.8. The second-order valence-corrected chi connectivity index (χ2v) is 4.57. The summed E-state index contributed by atoms with van der Waals surface area (Å²) in [5, 5.41) is 8.59. The van der Waals surface area contributed by atoms with Crippen LogP contribution in [0.3, 0.4) is 0 Å². The molecule has 2 rings (SSSR count). The summed E-state index contributed by atoms with van der Waals surface area (Å²) < 4.78 is 19.2. The van der Waals surface area contributed by atoms with Crippen LogP contribution in [0.5, 0.6) is 5.75 Å². The molecule has 0 aliphatic carbocycles. The predicted molar refractivity (Wildman–Crippen MR) is 70.2 cm³/mol. The molecule has 5 heteroatoms. The molecular formula is C14H7BrFNO2. The van der Waals surface area contributed by atoms with E-state index in [9.17, 15) is 9.18 Å². The number of esters is 1. The van der Waals surface area contributed by atoms with Gasteiger partial charge in [-0.15, -0.1) is 0 Å². The Kier molecular flexibility index (Phi) is 3.93. The number of hydrogen-bond acceptors (Lipinski definition) is 3. The molecule has 0 radical (unpaired) electrons. The van der Waals surface area contributed by atoms with Gasteiger partial charge in [0, 0.05) is 10.5 Å². The normalized spacial score (nSPS) is 9.74. The van der Waals surface area contributed by atoms with E-state index in [4.69, 9.17) is 10.00 Å². The summed E-state index contributed by atoms with van der Waals surface area (Å²) in [5.41, 5.74) is 0.261. The Hall–Kier alpha value is -2.19. The average molecular weight is 320 g/mol. The van der Waals surface area contributed by atoms with Gasteiger partial charge in [-0.3, -0.25) is 0 Å². The summed E-state index contributed by atoms with van der Waals surface area (Å²) in [6.45, 7) is 0. The van der Waals surface area contributed by atoms with Crippen molar-refractivity contribution in [2.75, 3.05) is 0 Å². The van der Waals surface area contributed by atoms with Gasteiger partial charge in [0.2, 0.25) is 0 Å². The molecule has 0 aliphatic heterocycles. The third kappa shape index (κ3) is 3.18. The van der Waals surface area contributed by atoms with Gasteiger partial charge in [0.15, 0.2) is 0 Å². The fourth-order valence-electron chi connectivity index (χ4n) is 1.40. The molecule has 0 aliphatic rings. The zero-order chi connectivity index (χ0) is 13.8. The lowest BCUT2D eigenvalue weighted by Gasteiger charge is -2.05. The van der Waals surface area contributed by atoms with Gasteiger partial charge in [-0.05, 0) is 36.4 Å². The molecule has 0 amide bonds. The van der Waals surface area contributed by atoms with E-state index in [0.29, 0.717) is 5.56 Å². The minimum atomic E-state index is -0.719. The van der Waals surface area contributed by atoms with Crippen molar-refractivity contribution in [1.82, 2.24) is 0 Å². The quantitative estimate of drug-likeness (QED) is 0.626. The summed E-state index contributed by atoms with van der Waals surface area (Å²) in [7, 11) is 0. The van der Waals surface area contributed by atoms with E-state index in [-0.39, 0.29) is 11.3 Å². The van der Waals surface area contributed by atoms with E-state index < -0.39 is 11.8 Å². The van der Waals surface area contributed by atoms with Crippen LogP contribution in [0.15, 0.2) is 46.9 Å². The van der Waals surface area contributed by atoms with Gasteiger partial charge in [0.1, 0.15) is 17.6 Å². The maximum atomic E-state index is 13.3. The number of nitriles is 1. The van der Waals surface area contributed by atoms with Crippen LogP contribution < -0.4 is 4.74 Å². The topological polar surface area (TPSA) is 50.1 Å². The third-order valence-electron chi connectivity index (χ3n) is 2.35. The van der Waals surface area contributed by atoms with Crippen molar-refractivity contribution in [3.63, 3.8) is 0 Å². The number of rotatable bonds is 2. The zero-order valence-electron chi connectivity index (χ0n) is 9.56. The number of hydrogen-bond donors (Lipinski definition) is 0. The molecule has 2 aromatic carbocycles. The van der Waals surface area contributed by atoms with Crippen LogP contribution in [0.4, 0.5) is 4.39 Å². The van der Waals surface area contributed by atoms with Crippen molar-refractivity contribution < 1.29 is 13.9 Å². The summed E-state index contributed by atoms with van der Waals surface area (Å²) in [5.74, 6) is -1.25. The third-order valence-corrected chi connectivity index (χ3v) is 2.88. The first kappa shape index (κ1) is 13.2. The maximum absolute atomic E-state index is 13.3. The van der Waals surface area contributed by atoms with E-state index in [1.54, 1.807) is 30.3 Å². The van der Waals surface area contributed by atoms with E-state index in [0.717, 1.165) is 10.5 Å². The van der Waals surface area contributed by atoms with Crippen LogP contribution >= 0.6 is 15.9 Å². The SMILES string of the molecule is N#Cc1ccc(OC(=O)c2ccc(Br)cc2)cc1F. The average Bonchev–Trinajstić information content (AvgIpc) is 2.39. The van der Waals surface area contributed by atoms with Crippen molar-refractivity contribution in [3.05, 3.63) is 63.9 Å². The Morgan fingerprint density at radius 1 is 1.21 bits per heavy atom. The van der Waals surface area contributed by atoms with E-state index in [2.05, 4.69) is 15.9 Å². The van der Waals surface area contributed by atoms with Gasteiger partial charge in [0.05, 0.1) is 11.1 Å². The molecular weight excluding hydrogens is 313 g/mol. The van der Waals surface area contributed by atoms with Crippen LogP contribution in [-0.2, 0) is 0 Å². The van der Waals surface area contributed by atoms with Crippen LogP contribution in [0.25, 0.3) is 0 Å². The zero-order valence-corrected chi connectivity index (χ0v) is 11.1. The van der Waals surface area contributed by atoms with Crippen LogP contribution in [-0.4, -0.2) is 5.97 Å². The molecule has 0 unspecified atom stereocenters. The van der Waals surface area contributed by atoms with E-state index >= 15 is 0 Å². The number of carbonyl (C=O) groups excluding carboxylic acids is 1. The number of carbonyl (C=O) groups is 1. The highest BCUT2D eigenvalue weighted by atomic mass is 79.9. The molecule has 19 heavy (non-hydrogen) atoms. The van der Waals surface area contributed by atoms with Crippen LogP contribution in [0, 0.1) is 17.1 Å². The van der Waals surface area contributed by atoms with Crippen molar-refractivity contribution in [1.29, 1.82) is 5.26 Å². The molecule has 0 heterocycles. The Balaban J connectivity index is 2.17. The Bertz CT molecular complexity index is 662. The molecule has 0 bridgehead atoms. The number of nitrogens with zero attached hydrogens (tertiary/aromatic N) is 1. The van der Waals surface area contributed by atoms with Gasteiger partial charge < -0.3 is 4.74 Å². The lowest BCUT2D eigenvalue weighted by Crippen LogP contribution is -2.08. The minimum Gasteiger partial charge on any atom is -0.423 e. The summed E-state index contributed by atoms with van der Waals surface area (Å²) in [6, 6.07) is 11.9. The highest BCUT2D eigenvalue weighted by Crippen LogP contribution is 2.18. The van der Waals surface area contributed by atoms with Gasteiger partial charge in [-0.1, -0.05) is 15.9 Å². The first-order valence-corrected chi connectivity index (χ1v) is 6.07. The number of benzene rings is 2. The summed E-state index contributed by atoms with van der Waals surface area (Å²) in [6.07, 6.45) is 0. The molecule has 0 saturated carbocycles.